The van der Waals surface area contributed by atoms with Crippen LogP contribution in [0, 0.1) is 0 Å². The largest absolute Gasteiger partial charge is 0.299 e. The molecule has 0 fully saturated rings. The Morgan fingerprint density at radius 3 is 1.65 bits per heavy atom. The number of benzene rings is 7. The first kappa shape index (κ1) is 27.5. The van der Waals surface area contributed by atoms with Crippen molar-refractivity contribution in [2.75, 3.05) is 0 Å². The average Bonchev–Trinajstić information content (AvgIpc) is 3.56. The molecule has 10 aromatic rings. The molecule has 0 aliphatic rings. The van der Waals surface area contributed by atoms with Crippen LogP contribution in [-0.2, 0) is 0 Å². The van der Waals surface area contributed by atoms with E-state index in [-0.39, 0.29) is 0 Å². The van der Waals surface area contributed by atoms with Crippen LogP contribution in [0.5, 0.6) is 0 Å². The van der Waals surface area contributed by atoms with E-state index in [1.807, 2.05) is 24.4 Å². The summed E-state index contributed by atoms with van der Waals surface area (Å²) >= 11 is 0. The highest BCUT2D eigenvalue weighted by Gasteiger charge is 2.20. The molecule has 0 bridgehead atoms. The normalized spacial score (nSPS) is 11.7. The van der Waals surface area contributed by atoms with Crippen molar-refractivity contribution in [1.29, 1.82) is 0 Å². The van der Waals surface area contributed by atoms with Crippen LogP contribution in [-0.4, -0.2) is 14.4 Å². The van der Waals surface area contributed by atoms with Crippen LogP contribution in [0.15, 0.2) is 176 Å². The van der Waals surface area contributed by atoms with E-state index >= 15 is 0 Å². The van der Waals surface area contributed by atoms with Gasteiger partial charge < -0.3 is 0 Å². The molecule has 0 aliphatic heterocycles. The maximum absolute atomic E-state index is 5.26. The van der Waals surface area contributed by atoms with Crippen LogP contribution in [0.2, 0.25) is 0 Å². The van der Waals surface area contributed by atoms with E-state index in [1.54, 1.807) is 0 Å². The van der Waals surface area contributed by atoms with Gasteiger partial charge in [-0.05, 0) is 108 Å². The molecule has 3 aromatic heterocycles. The van der Waals surface area contributed by atoms with Crippen LogP contribution in [0.25, 0.3) is 93.6 Å². The Balaban J connectivity index is 1.31. The summed E-state index contributed by atoms with van der Waals surface area (Å²) in [6.07, 6.45) is 3.92. The quantitative estimate of drug-likeness (QED) is 0.183. The molecule has 0 saturated heterocycles. The standard InChI is InChI=1S/C46H29N3/c1-3-13-32-27-34(21-19-30(32)11-1)43-37-15-5-6-16-38(37)44(35-22-20-31-12-2-4-14-33(31)28-35)40-29-36(23-24-39(40)43)46-48-45(41-17-7-9-25-47-41)42-18-8-10-26-49(42)46/h1-29H. The fraction of sp³-hybridized carbons (Fsp3) is 0. The van der Waals surface area contributed by atoms with Gasteiger partial charge in [0.25, 0.3) is 0 Å². The average molecular weight is 624 g/mol. The predicted octanol–water partition coefficient (Wildman–Crippen LogP) is 12.0. The molecule has 0 saturated carbocycles. The van der Waals surface area contributed by atoms with Crippen LogP contribution >= 0.6 is 0 Å². The summed E-state index contributed by atoms with van der Waals surface area (Å²) in [5.41, 5.74) is 8.70. The second kappa shape index (κ2) is 11.0. The van der Waals surface area contributed by atoms with E-state index in [0.29, 0.717) is 0 Å². The number of pyridine rings is 2. The van der Waals surface area contributed by atoms with Crippen molar-refractivity contribution in [1.82, 2.24) is 14.4 Å². The molecule has 0 aliphatic carbocycles. The summed E-state index contributed by atoms with van der Waals surface area (Å²) in [5, 5.41) is 9.82. The van der Waals surface area contributed by atoms with Crippen LogP contribution in [0.3, 0.4) is 0 Å². The maximum Gasteiger partial charge on any atom is 0.145 e. The predicted molar refractivity (Wildman–Crippen MR) is 205 cm³/mol. The van der Waals surface area contributed by atoms with Gasteiger partial charge in [0.15, 0.2) is 0 Å². The van der Waals surface area contributed by atoms with E-state index < -0.39 is 0 Å². The van der Waals surface area contributed by atoms with Crippen molar-refractivity contribution in [3.8, 4) is 45.0 Å². The molecule has 7 aromatic carbocycles. The van der Waals surface area contributed by atoms with Gasteiger partial charge in [0.1, 0.15) is 11.5 Å². The van der Waals surface area contributed by atoms with Crippen LogP contribution in [0.4, 0.5) is 0 Å². The van der Waals surface area contributed by atoms with Crippen molar-refractivity contribution < 1.29 is 0 Å². The Morgan fingerprint density at radius 2 is 0.980 bits per heavy atom. The first-order valence-electron chi connectivity index (χ1n) is 16.7. The third-order valence-corrected chi connectivity index (χ3v) is 9.81. The smallest absolute Gasteiger partial charge is 0.145 e. The first-order chi connectivity index (χ1) is 24.3. The Labute approximate surface area is 283 Å². The van der Waals surface area contributed by atoms with Crippen LogP contribution < -0.4 is 0 Å². The summed E-state index contributed by atoms with van der Waals surface area (Å²) in [5.74, 6) is 0.892. The van der Waals surface area contributed by atoms with E-state index in [4.69, 9.17) is 4.98 Å². The topological polar surface area (TPSA) is 30.2 Å². The van der Waals surface area contributed by atoms with E-state index in [0.717, 1.165) is 28.3 Å². The maximum atomic E-state index is 5.26. The molecule has 0 N–H and O–H groups in total. The minimum atomic E-state index is 0.861. The molecule has 10 rings (SSSR count). The molecule has 0 amide bonds. The lowest BCUT2D eigenvalue weighted by Gasteiger charge is -2.19. The summed E-state index contributed by atoms with van der Waals surface area (Å²) in [7, 11) is 0. The summed E-state index contributed by atoms with van der Waals surface area (Å²) in [4.78, 5) is 9.92. The van der Waals surface area contributed by atoms with Gasteiger partial charge in [-0.1, -0.05) is 121 Å². The molecule has 0 spiro atoms. The molecule has 3 heterocycles. The second-order valence-electron chi connectivity index (χ2n) is 12.6. The van der Waals surface area contributed by atoms with Crippen molar-refractivity contribution in [2.24, 2.45) is 0 Å². The molecule has 3 nitrogen and oxygen atoms in total. The highest BCUT2D eigenvalue weighted by molar-refractivity contribution is 6.22. The highest BCUT2D eigenvalue weighted by atomic mass is 15.0. The fourth-order valence-electron chi connectivity index (χ4n) is 7.56. The van der Waals surface area contributed by atoms with Crippen LogP contribution in [0.1, 0.15) is 0 Å². The van der Waals surface area contributed by atoms with Crippen molar-refractivity contribution >= 4 is 48.6 Å². The lowest BCUT2D eigenvalue weighted by molar-refractivity contribution is 1.16. The van der Waals surface area contributed by atoms with Gasteiger partial charge in [0.2, 0.25) is 0 Å². The minimum Gasteiger partial charge on any atom is -0.299 e. The summed E-state index contributed by atoms with van der Waals surface area (Å²) < 4.78 is 2.19. The molecule has 228 valence electrons. The van der Waals surface area contributed by atoms with Gasteiger partial charge in [0, 0.05) is 18.0 Å². The number of rotatable bonds is 4. The van der Waals surface area contributed by atoms with Crippen molar-refractivity contribution in [3.05, 3.63) is 176 Å². The minimum absolute atomic E-state index is 0.861. The summed E-state index contributed by atoms with van der Waals surface area (Å²) in [6, 6.07) is 58.9. The van der Waals surface area contributed by atoms with E-state index in [9.17, 15) is 0 Å². The van der Waals surface area contributed by atoms with Gasteiger partial charge in [0.05, 0.1) is 11.2 Å². The number of imidazole rings is 1. The lowest BCUT2D eigenvalue weighted by atomic mass is 9.84. The Morgan fingerprint density at radius 1 is 0.408 bits per heavy atom. The monoisotopic (exact) mass is 623 g/mol. The van der Waals surface area contributed by atoms with Crippen molar-refractivity contribution in [3.63, 3.8) is 0 Å². The third kappa shape index (κ3) is 4.44. The van der Waals surface area contributed by atoms with Gasteiger partial charge in [-0.25, -0.2) is 4.98 Å². The molecular formula is C46H29N3. The number of fused-ring (bicyclic) bond motifs is 5. The zero-order valence-corrected chi connectivity index (χ0v) is 26.6. The number of aromatic nitrogens is 3. The Bertz CT molecular complexity index is 2880. The third-order valence-electron chi connectivity index (χ3n) is 9.81. The van der Waals surface area contributed by atoms with E-state index in [1.165, 1.54) is 65.3 Å². The highest BCUT2D eigenvalue weighted by Crippen LogP contribution is 2.46. The molecule has 3 heteroatoms. The molecule has 49 heavy (non-hydrogen) atoms. The first-order valence-corrected chi connectivity index (χ1v) is 16.7. The van der Waals surface area contributed by atoms with Gasteiger partial charge >= 0.3 is 0 Å². The summed E-state index contributed by atoms with van der Waals surface area (Å²) in [6.45, 7) is 0. The van der Waals surface area contributed by atoms with Crippen molar-refractivity contribution in [2.45, 2.75) is 0 Å². The molecular weight excluding hydrogens is 595 g/mol. The number of nitrogens with zero attached hydrogens (tertiary/aromatic N) is 3. The zero-order chi connectivity index (χ0) is 32.3. The van der Waals surface area contributed by atoms with E-state index in [2.05, 4.69) is 161 Å². The molecule has 0 radical (unpaired) electrons. The molecule has 0 atom stereocenters. The van der Waals surface area contributed by atoms with Gasteiger partial charge in [-0.3, -0.25) is 9.38 Å². The zero-order valence-electron chi connectivity index (χ0n) is 26.6. The van der Waals surface area contributed by atoms with Gasteiger partial charge in [-0.15, -0.1) is 0 Å². The Hall–Kier alpha value is -6.58. The SMILES string of the molecule is c1ccc(-c2nc(-c3ccc4c(-c5ccc6ccccc6c5)c5ccccc5c(-c5ccc6ccccc6c5)c4c3)n3ccccc23)nc1. The fourth-order valence-corrected chi connectivity index (χ4v) is 7.56. The molecule has 0 unspecified atom stereocenters. The second-order valence-corrected chi connectivity index (χ2v) is 12.6. The Kier molecular flexibility index (Phi) is 6.18. The van der Waals surface area contributed by atoms with Gasteiger partial charge in [-0.2, -0.15) is 0 Å². The number of hydrogen-bond donors (Lipinski definition) is 0. The number of hydrogen-bond acceptors (Lipinski definition) is 2. The lowest BCUT2D eigenvalue weighted by Crippen LogP contribution is -1.93.